The highest BCUT2D eigenvalue weighted by Crippen LogP contribution is 2.62. The molecule has 0 aliphatic heterocycles. The third-order valence-corrected chi connectivity index (χ3v) is 4.46. The number of carbonyl (C=O) groups excluding carboxylic acids is 1. The molecule has 2 nitrogen and oxygen atoms in total. The molecule has 0 spiro atoms. The van der Waals surface area contributed by atoms with Gasteiger partial charge in [-0.15, -0.1) is 0 Å². The predicted octanol–water partition coefficient (Wildman–Crippen LogP) is 2.38. The third kappa shape index (κ3) is 2.25. The van der Waals surface area contributed by atoms with Gasteiger partial charge in [-0.1, -0.05) is 13.8 Å². The van der Waals surface area contributed by atoms with Crippen LogP contribution in [0.5, 0.6) is 0 Å². The van der Waals surface area contributed by atoms with E-state index in [1.165, 1.54) is 25.7 Å². The van der Waals surface area contributed by atoms with Crippen LogP contribution in [0.25, 0.3) is 0 Å². The molecule has 2 rings (SSSR count). The van der Waals surface area contributed by atoms with Crippen LogP contribution in [0.4, 0.5) is 0 Å². The Morgan fingerprint density at radius 3 is 2.67 bits per heavy atom. The standard InChI is InChI=1S/C13H23NO/c1-10-6-12(2)8-11(12)9-13(3,7-10)14-4-5-15/h5,10-11,14H,4,6-9H2,1-3H3. The highest BCUT2D eigenvalue weighted by atomic mass is 16.1. The molecule has 2 aliphatic carbocycles. The molecule has 2 saturated carbocycles. The van der Waals surface area contributed by atoms with Crippen molar-refractivity contribution in [2.45, 2.75) is 52.0 Å². The highest BCUT2D eigenvalue weighted by Gasteiger charge is 2.54. The largest absolute Gasteiger partial charge is 0.305 e. The summed E-state index contributed by atoms with van der Waals surface area (Å²) >= 11 is 0. The molecule has 86 valence electrons. The van der Waals surface area contributed by atoms with Crippen molar-refractivity contribution in [2.24, 2.45) is 17.3 Å². The van der Waals surface area contributed by atoms with Gasteiger partial charge in [0, 0.05) is 5.54 Å². The number of hydrogen-bond donors (Lipinski definition) is 1. The Balaban J connectivity index is 2.03. The molecule has 0 radical (unpaired) electrons. The zero-order valence-electron chi connectivity index (χ0n) is 10.2. The lowest BCUT2D eigenvalue weighted by Crippen LogP contribution is -2.44. The van der Waals surface area contributed by atoms with Gasteiger partial charge in [0.15, 0.2) is 0 Å². The summed E-state index contributed by atoms with van der Waals surface area (Å²) in [6.45, 7) is 7.58. The van der Waals surface area contributed by atoms with Crippen LogP contribution in [0.2, 0.25) is 0 Å². The lowest BCUT2D eigenvalue weighted by Gasteiger charge is -2.31. The zero-order valence-corrected chi connectivity index (χ0v) is 10.2. The minimum absolute atomic E-state index is 0.194. The smallest absolute Gasteiger partial charge is 0.133 e. The average Bonchev–Trinajstić information content (AvgIpc) is 2.71. The fourth-order valence-electron chi connectivity index (χ4n) is 3.77. The summed E-state index contributed by atoms with van der Waals surface area (Å²) in [5, 5.41) is 3.42. The Kier molecular flexibility index (Phi) is 2.66. The van der Waals surface area contributed by atoms with Crippen LogP contribution in [0, 0.1) is 17.3 Å². The number of nitrogens with one attached hydrogen (secondary N) is 1. The van der Waals surface area contributed by atoms with Crippen molar-refractivity contribution in [3.8, 4) is 0 Å². The summed E-state index contributed by atoms with van der Waals surface area (Å²) < 4.78 is 0. The van der Waals surface area contributed by atoms with Gasteiger partial charge in [0.05, 0.1) is 6.54 Å². The van der Waals surface area contributed by atoms with E-state index < -0.39 is 0 Å². The molecule has 0 amide bonds. The van der Waals surface area contributed by atoms with E-state index in [9.17, 15) is 4.79 Å². The third-order valence-electron chi connectivity index (χ3n) is 4.46. The van der Waals surface area contributed by atoms with Crippen LogP contribution in [0.1, 0.15) is 46.5 Å². The van der Waals surface area contributed by atoms with E-state index in [2.05, 4.69) is 26.1 Å². The summed E-state index contributed by atoms with van der Waals surface area (Å²) in [5.74, 6) is 1.68. The molecule has 2 aliphatic rings. The fraction of sp³-hybridized carbons (Fsp3) is 0.923. The topological polar surface area (TPSA) is 29.1 Å². The summed E-state index contributed by atoms with van der Waals surface area (Å²) in [6, 6.07) is 0. The van der Waals surface area contributed by atoms with E-state index in [4.69, 9.17) is 0 Å². The van der Waals surface area contributed by atoms with Gasteiger partial charge >= 0.3 is 0 Å². The second kappa shape index (κ2) is 3.58. The molecular weight excluding hydrogens is 186 g/mol. The van der Waals surface area contributed by atoms with Crippen molar-refractivity contribution in [2.75, 3.05) is 6.54 Å². The minimum Gasteiger partial charge on any atom is -0.305 e. The second-order valence-electron chi connectivity index (χ2n) is 6.38. The Bertz CT molecular complexity index is 265. The molecule has 4 unspecified atom stereocenters. The van der Waals surface area contributed by atoms with Gasteiger partial charge in [0.1, 0.15) is 6.29 Å². The molecule has 1 N–H and O–H groups in total. The normalized spacial score (nSPS) is 49.3. The Labute approximate surface area is 92.8 Å². The lowest BCUT2D eigenvalue weighted by molar-refractivity contribution is -0.107. The van der Waals surface area contributed by atoms with Gasteiger partial charge in [0.2, 0.25) is 0 Å². The Morgan fingerprint density at radius 2 is 2.00 bits per heavy atom. The molecule has 0 saturated heterocycles. The molecule has 0 aromatic heterocycles. The van der Waals surface area contributed by atoms with Crippen molar-refractivity contribution in [1.82, 2.24) is 5.32 Å². The van der Waals surface area contributed by atoms with Crippen molar-refractivity contribution in [1.29, 1.82) is 0 Å². The van der Waals surface area contributed by atoms with E-state index in [1.807, 2.05) is 0 Å². The summed E-state index contributed by atoms with van der Waals surface area (Å²) in [7, 11) is 0. The number of carbonyl (C=O) groups is 1. The summed E-state index contributed by atoms with van der Waals surface area (Å²) in [4.78, 5) is 10.4. The van der Waals surface area contributed by atoms with Crippen molar-refractivity contribution < 1.29 is 4.79 Å². The van der Waals surface area contributed by atoms with Gasteiger partial charge in [0.25, 0.3) is 0 Å². The molecule has 0 aromatic rings. The first-order valence-electron chi connectivity index (χ1n) is 6.16. The number of rotatable bonds is 3. The molecule has 2 fully saturated rings. The molecule has 15 heavy (non-hydrogen) atoms. The second-order valence-corrected chi connectivity index (χ2v) is 6.38. The number of aldehydes is 1. The van der Waals surface area contributed by atoms with Gasteiger partial charge in [-0.2, -0.15) is 0 Å². The summed E-state index contributed by atoms with van der Waals surface area (Å²) in [6.07, 6.45) is 6.22. The molecular formula is C13H23NO. The number of hydrogen-bond acceptors (Lipinski definition) is 2. The average molecular weight is 209 g/mol. The van der Waals surface area contributed by atoms with Gasteiger partial charge < -0.3 is 10.1 Å². The van der Waals surface area contributed by atoms with Crippen molar-refractivity contribution >= 4 is 6.29 Å². The maximum absolute atomic E-state index is 10.4. The van der Waals surface area contributed by atoms with Crippen molar-refractivity contribution in [3.05, 3.63) is 0 Å². The van der Waals surface area contributed by atoms with Crippen LogP contribution in [0.3, 0.4) is 0 Å². The van der Waals surface area contributed by atoms with Crippen molar-refractivity contribution in [3.63, 3.8) is 0 Å². The first-order valence-corrected chi connectivity index (χ1v) is 6.16. The van der Waals surface area contributed by atoms with Crippen LogP contribution in [-0.2, 0) is 4.79 Å². The molecule has 2 heteroatoms. The fourth-order valence-corrected chi connectivity index (χ4v) is 3.77. The van der Waals surface area contributed by atoms with E-state index in [0.29, 0.717) is 12.0 Å². The van der Waals surface area contributed by atoms with Crippen LogP contribution in [0.15, 0.2) is 0 Å². The first kappa shape index (κ1) is 11.1. The van der Waals surface area contributed by atoms with Crippen LogP contribution >= 0.6 is 0 Å². The van der Waals surface area contributed by atoms with Gasteiger partial charge in [-0.05, 0) is 49.9 Å². The van der Waals surface area contributed by atoms with Crippen LogP contribution in [-0.4, -0.2) is 18.4 Å². The van der Waals surface area contributed by atoms with Gasteiger partial charge in [-0.25, -0.2) is 0 Å². The maximum Gasteiger partial charge on any atom is 0.133 e. The molecule has 0 aromatic carbocycles. The minimum atomic E-state index is 0.194. The SMILES string of the molecule is CC1CC(C)(NCC=O)CC2CC2(C)C1. The quantitative estimate of drug-likeness (QED) is 0.723. The molecule has 0 heterocycles. The summed E-state index contributed by atoms with van der Waals surface area (Å²) in [5.41, 5.74) is 0.819. The Morgan fingerprint density at radius 1 is 1.27 bits per heavy atom. The monoisotopic (exact) mass is 209 g/mol. The zero-order chi connectivity index (χ0) is 11.1. The Hall–Kier alpha value is -0.370. The maximum atomic E-state index is 10.4. The highest BCUT2D eigenvalue weighted by molar-refractivity contribution is 5.52. The predicted molar refractivity (Wildman–Crippen MR) is 61.7 cm³/mol. The van der Waals surface area contributed by atoms with E-state index in [1.54, 1.807) is 0 Å². The molecule has 4 atom stereocenters. The molecule has 0 bridgehead atoms. The number of fused-ring (bicyclic) bond motifs is 1. The lowest BCUT2D eigenvalue weighted by atomic mass is 9.86. The van der Waals surface area contributed by atoms with E-state index in [-0.39, 0.29) is 5.54 Å². The van der Waals surface area contributed by atoms with Gasteiger partial charge in [-0.3, -0.25) is 0 Å². The first-order chi connectivity index (χ1) is 6.97. The van der Waals surface area contributed by atoms with Crippen LogP contribution < -0.4 is 5.32 Å². The van der Waals surface area contributed by atoms with E-state index >= 15 is 0 Å². The van der Waals surface area contributed by atoms with E-state index in [0.717, 1.165) is 18.1 Å².